The smallest absolute Gasteiger partial charge is 0.0959 e. The van der Waals surface area contributed by atoms with E-state index < -0.39 is 0 Å². The van der Waals surface area contributed by atoms with Crippen LogP contribution in [0.5, 0.6) is 0 Å². The van der Waals surface area contributed by atoms with Crippen LogP contribution in [-0.4, -0.2) is 4.98 Å². The third-order valence-corrected chi connectivity index (χ3v) is 9.30. The lowest BCUT2D eigenvalue weighted by Crippen LogP contribution is -2.15. The average Bonchev–Trinajstić information content (AvgIpc) is 3.51. The molecule has 0 unspecified atom stereocenters. The maximum atomic E-state index is 5.41. The Balaban J connectivity index is 1.55. The van der Waals surface area contributed by atoms with Gasteiger partial charge in [-0.25, -0.2) is 4.98 Å². The van der Waals surface area contributed by atoms with Crippen LogP contribution in [0.3, 0.4) is 0 Å². The molecule has 184 valence electrons. The Kier molecular flexibility index (Phi) is 5.80. The molecule has 1 aliphatic rings. The standard InChI is InChI=1S/C34H26N2S2/c1-3-23-15-17-24(18-16-23)26-21-25(30-13-8-20-37-30)33-22(2)14-19-29(34(33)35-26)36-27-9-4-6-11-31(27)38-32-12-7-5-10-28(32)36/h4-21H,3H2,1-2H3. The summed E-state index contributed by atoms with van der Waals surface area (Å²) < 4.78 is 0. The molecule has 0 atom stereocenters. The van der Waals surface area contributed by atoms with Crippen LogP contribution < -0.4 is 4.90 Å². The molecule has 2 nitrogen and oxygen atoms in total. The van der Waals surface area contributed by atoms with Gasteiger partial charge in [0.25, 0.3) is 0 Å². The van der Waals surface area contributed by atoms with Crippen LogP contribution in [0.4, 0.5) is 17.1 Å². The number of pyridine rings is 1. The van der Waals surface area contributed by atoms with Crippen molar-refractivity contribution in [2.45, 2.75) is 30.1 Å². The van der Waals surface area contributed by atoms with Crippen molar-refractivity contribution < 1.29 is 0 Å². The first kappa shape index (κ1) is 23.3. The predicted octanol–water partition coefficient (Wildman–Crippen LogP) is 10.4. The fourth-order valence-electron chi connectivity index (χ4n) is 5.33. The summed E-state index contributed by atoms with van der Waals surface area (Å²) in [6, 6.07) is 37.4. The van der Waals surface area contributed by atoms with Crippen molar-refractivity contribution in [3.63, 3.8) is 0 Å². The van der Waals surface area contributed by atoms with Gasteiger partial charge in [0.2, 0.25) is 0 Å². The summed E-state index contributed by atoms with van der Waals surface area (Å²) in [5, 5.41) is 3.37. The van der Waals surface area contributed by atoms with Crippen LogP contribution >= 0.6 is 23.1 Å². The van der Waals surface area contributed by atoms with E-state index in [9.17, 15) is 0 Å². The Bertz CT molecular complexity index is 1740. The molecule has 0 saturated heterocycles. The summed E-state index contributed by atoms with van der Waals surface area (Å²) in [5.74, 6) is 0. The minimum Gasteiger partial charge on any atom is -0.306 e. The van der Waals surface area contributed by atoms with Crippen LogP contribution in [0.2, 0.25) is 0 Å². The predicted molar refractivity (Wildman–Crippen MR) is 163 cm³/mol. The summed E-state index contributed by atoms with van der Waals surface area (Å²) in [7, 11) is 0. The highest BCUT2D eigenvalue weighted by molar-refractivity contribution is 7.99. The number of benzene rings is 4. The van der Waals surface area contributed by atoms with E-state index in [-0.39, 0.29) is 0 Å². The van der Waals surface area contributed by atoms with E-state index >= 15 is 0 Å². The van der Waals surface area contributed by atoms with Gasteiger partial charge in [-0.3, -0.25) is 0 Å². The normalized spacial score (nSPS) is 12.4. The average molecular weight is 527 g/mol. The molecule has 0 fully saturated rings. The Hall–Kier alpha value is -3.86. The zero-order chi connectivity index (χ0) is 25.6. The van der Waals surface area contributed by atoms with Crippen molar-refractivity contribution in [2.75, 3.05) is 4.90 Å². The van der Waals surface area contributed by atoms with Crippen molar-refractivity contribution in [3.8, 4) is 21.7 Å². The summed E-state index contributed by atoms with van der Waals surface area (Å²) in [6.45, 7) is 4.40. The van der Waals surface area contributed by atoms with E-state index in [2.05, 4.69) is 127 Å². The van der Waals surface area contributed by atoms with E-state index in [1.807, 2.05) is 11.8 Å². The summed E-state index contributed by atoms with van der Waals surface area (Å²) in [5.41, 5.74) is 10.5. The monoisotopic (exact) mass is 526 g/mol. The number of aromatic nitrogens is 1. The van der Waals surface area contributed by atoms with Crippen LogP contribution in [0.25, 0.3) is 32.6 Å². The van der Waals surface area contributed by atoms with Crippen molar-refractivity contribution in [2.24, 2.45) is 0 Å². The number of anilines is 3. The van der Waals surface area contributed by atoms with Gasteiger partial charge in [0.15, 0.2) is 0 Å². The number of aryl methyl sites for hydroxylation is 2. The first-order valence-electron chi connectivity index (χ1n) is 12.9. The molecule has 0 radical (unpaired) electrons. The van der Waals surface area contributed by atoms with Gasteiger partial charge in [-0.2, -0.15) is 0 Å². The third kappa shape index (κ3) is 3.84. The van der Waals surface area contributed by atoms with Crippen LogP contribution in [0.1, 0.15) is 18.1 Å². The Morgan fingerprint density at radius 3 is 2.11 bits per heavy atom. The molecule has 6 aromatic rings. The number of nitrogens with zero attached hydrogens (tertiary/aromatic N) is 2. The summed E-state index contributed by atoms with van der Waals surface area (Å²) in [6.07, 6.45) is 1.03. The number of fused-ring (bicyclic) bond motifs is 3. The van der Waals surface area contributed by atoms with Gasteiger partial charge in [0.05, 0.1) is 28.3 Å². The van der Waals surface area contributed by atoms with Crippen molar-refractivity contribution >= 4 is 51.1 Å². The number of hydrogen-bond acceptors (Lipinski definition) is 4. The minimum absolute atomic E-state index is 1.00. The molecule has 4 aromatic carbocycles. The maximum Gasteiger partial charge on any atom is 0.0959 e. The molecule has 0 amide bonds. The molecule has 0 aliphatic carbocycles. The highest BCUT2D eigenvalue weighted by Gasteiger charge is 2.27. The third-order valence-electron chi connectivity index (χ3n) is 7.27. The van der Waals surface area contributed by atoms with E-state index in [0.717, 1.165) is 28.9 Å². The number of para-hydroxylation sites is 2. The fraction of sp³-hybridized carbons (Fsp3) is 0.0882. The molecular formula is C34H26N2S2. The number of thiophene rings is 1. The SMILES string of the molecule is CCc1ccc(-c2cc(-c3cccs3)c3c(C)ccc(N4c5ccccc5Sc5ccccc54)c3n2)cc1. The molecule has 0 spiro atoms. The van der Waals surface area contributed by atoms with Crippen LogP contribution in [-0.2, 0) is 6.42 Å². The molecule has 0 N–H and O–H groups in total. The second-order valence-electron chi connectivity index (χ2n) is 9.58. The lowest BCUT2D eigenvalue weighted by Gasteiger charge is -2.33. The molecule has 0 bridgehead atoms. The Morgan fingerprint density at radius 1 is 0.737 bits per heavy atom. The molecule has 38 heavy (non-hydrogen) atoms. The van der Waals surface area contributed by atoms with Gasteiger partial charge in [0, 0.05) is 31.2 Å². The van der Waals surface area contributed by atoms with Gasteiger partial charge in [-0.15, -0.1) is 11.3 Å². The first-order valence-corrected chi connectivity index (χ1v) is 14.6. The van der Waals surface area contributed by atoms with E-state index in [1.54, 1.807) is 11.3 Å². The Morgan fingerprint density at radius 2 is 1.45 bits per heavy atom. The largest absolute Gasteiger partial charge is 0.306 e. The Labute approximate surface area is 231 Å². The molecule has 7 rings (SSSR count). The summed E-state index contributed by atoms with van der Waals surface area (Å²) >= 11 is 3.62. The van der Waals surface area contributed by atoms with Crippen molar-refractivity contribution in [1.29, 1.82) is 0 Å². The molecule has 3 heterocycles. The molecule has 0 saturated carbocycles. The maximum absolute atomic E-state index is 5.41. The molecular weight excluding hydrogens is 501 g/mol. The van der Waals surface area contributed by atoms with Gasteiger partial charge in [-0.1, -0.05) is 79.3 Å². The second kappa shape index (κ2) is 9.46. The van der Waals surface area contributed by atoms with Gasteiger partial charge >= 0.3 is 0 Å². The van der Waals surface area contributed by atoms with E-state index in [1.165, 1.54) is 48.1 Å². The quantitative estimate of drug-likeness (QED) is 0.227. The van der Waals surface area contributed by atoms with Crippen molar-refractivity contribution in [1.82, 2.24) is 4.98 Å². The van der Waals surface area contributed by atoms with Gasteiger partial charge in [0.1, 0.15) is 0 Å². The van der Waals surface area contributed by atoms with Gasteiger partial charge in [-0.05, 0) is 72.3 Å². The zero-order valence-electron chi connectivity index (χ0n) is 21.3. The topological polar surface area (TPSA) is 16.1 Å². The second-order valence-corrected chi connectivity index (χ2v) is 11.6. The van der Waals surface area contributed by atoms with E-state index in [4.69, 9.17) is 4.98 Å². The van der Waals surface area contributed by atoms with E-state index in [0.29, 0.717) is 0 Å². The number of hydrogen-bond donors (Lipinski definition) is 0. The molecule has 1 aliphatic heterocycles. The number of rotatable bonds is 4. The fourth-order valence-corrected chi connectivity index (χ4v) is 7.13. The van der Waals surface area contributed by atoms with Gasteiger partial charge < -0.3 is 4.90 Å². The van der Waals surface area contributed by atoms with Crippen molar-refractivity contribution in [3.05, 3.63) is 120 Å². The summed E-state index contributed by atoms with van der Waals surface area (Å²) in [4.78, 5) is 11.6. The van der Waals surface area contributed by atoms with Crippen LogP contribution in [0.15, 0.2) is 118 Å². The minimum atomic E-state index is 1.00. The highest BCUT2D eigenvalue weighted by Crippen LogP contribution is 2.53. The van der Waals surface area contributed by atoms with Crippen LogP contribution in [0, 0.1) is 6.92 Å². The highest BCUT2D eigenvalue weighted by atomic mass is 32.2. The lowest BCUT2D eigenvalue weighted by molar-refractivity contribution is 1.14. The molecule has 2 aromatic heterocycles. The zero-order valence-corrected chi connectivity index (χ0v) is 22.9. The first-order chi connectivity index (χ1) is 18.7. The lowest BCUT2D eigenvalue weighted by atomic mass is 9.97. The molecule has 4 heteroatoms.